The lowest BCUT2D eigenvalue weighted by Gasteiger charge is -2.15. The number of methoxy groups -OCH3 is 1. The molecule has 0 saturated carbocycles. The fourth-order valence-electron chi connectivity index (χ4n) is 3.25. The van der Waals surface area contributed by atoms with Crippen molar-refractivity contribution in [3.05, 3.63) is 77.4 Å². The Morgan fingerprint density at radius 1 is 1.00 bits per heavy atom. The number of nitrogens with one attached hydrogen (secondary N) is 1. The zero-order chi connectivity index (χ0) is 19.1. The number of hydrogen-bond acceptors (Lipinski definition) is 4. The molecule has 140 valence electrons. The number of benzene rings is 2. The Morgan fingerprint density at radius 3 is 2.52 bits per heavy atom. The van der Waals surface area contributed by atoms with Gasteiger partial charge in [-0.25, -0.2) is 4.98 Å². The smallest absolute Gasteiger partial charge is 0.128 e. The minimum Gasteiger partial charge on any atom is -0.496 e. The number of anilines is 1. The minimum atomic E-state index is 0.516. The number of aromatic nitrogens is 1. The number of pyridine rings is 1. The highest BCUT2D eigenvalue weighted by Crippen LogP contribution is 2.32. The van der Waals surface area contributed by atoms with Crippen LogP contribution in [-0.2, 0) is 19.4 Å². The van der Waals surface area contributed by atoms with Crippen LogP contribution in [-0.4, -0.2) is 18.6 Å². The van der Waals surface area contributed by atoms with Crippen LogP contribution in [0.25, 0.3) is 11.3 Å². The molecule has 2 aromatic carbocycles. The van der Waals surface area contributed by atoms with Gasteiger partial charge in [0.15, 0.2) is 0 Å². The second-order valence-electron chi connectivity index (χ2n) is 6.53. The number of ether oxygens (including phenoxy) is 1. The lowest BCUT2D eigenvalue weighted by atomic mass is 9.97. The number of hydrogen-bond donors (Lipinski definition) is 2. The van der Waals surface area contributed by atoms with Crippen LogP contribution in [0, 0.1) is 0 Å². The van der Waals surface area contributed by atoms with Crippen LogP contribution in [0.3, 0.4) is 0 Å². The van der Waals surface area contributed by atoms with Crippen molar-refractivity contribution in [3.63, 3.8) is 0 Å². The molecule has 0 saturated heterocycles. The Hall–Kier alpha value is -2.85. The Balaban J connectivity index is 1.75. The van der Waals surface area contributed by atoms with Crippen molar-refractivity contribution in [1.82, 2.24) is 10.3 Å². The summed E-state index contributed by atoms with van der Waals surface area (Å²) in [7, 11) is 1.70. The van der Waals surface area contributed by atoms with Crippen LogP contribution in [0.15, 0.2) is 60.7 Å². The Morgan fingerprint density at radius 2 is 1.81 bits per heavy atom. The predicted octanol–water partition coefficient (Wildman–Crippen LogP) is 4.23. The molecule has 4 heteroatoms. The third-order valence-electron chi connectivity index (χ3n) is 4.69. The van der Waals surface area contributed by atoms with Gasteiger partial charge in [-0.3, -0.25) is 0 Å². The topological polar surface area (TPSA) is 60.2 Å². The molecular formula is C23H27N3O. The number of nitrogens with two attached hydrogens (primary N) is 1. The first kappa shape index (κ1) is 18.9. The molecule has 1 heterocycles. The van der Waals surface area contributed by atoms with Gasteiger partial charge in [-0.1, -0.05) is 43.3 Å². The van der Waals surface area contributed by atoms with Gasteiger partial charge in [0.1, 0.15) is 11.6 Å². The van der Waals surface area contributed by atoms with Crippen molar-refractivity contribution in [1.29, 1.82) is 0 Å². The Kier molecular flexibility index (Phi) is 6.44. The second kappa shape index (κ2) is 9.19. The second-order valence-corrected chi connectivity index (χ2v) is 6.53. The van der Waals surface area contributed by atoms with Crippen molar-refractivity contribution >= 4 is 5.82 Å². The molecule has 0 radical (unpaired) electrons. The normalized spacial score (nSPS) is 10.7. The maximum Gasteiger partial charge on any atom is 0.128 e. The lowest BCUT2D eigenvalue weighted by Crippen LogP contribution is -2.17. The van der Waals surface area contributed by atoms with Gasteiger partial charge >= 0.3 is 0 Å². The van der Waals surface area contributed by atoms with Gasteiger partial charge in [0.2, 0.25) is 0 Å². The highest BCUT2D eigenvalue weighted by molar-refractivity contribution is 5.70. The van der Waals surface area contributed by atoms with Gasteiger partial charge in [0.05, 0.1) is 12.8 Å². The number of rotatable bonds is 8. The van der Waals surface area contributed by atoms with Crippen LogP contribution >= 0.6 is 0 Å². The molecule has 3 aromatic rings. The third kappa shape index (κ3) is 4.86. The Bertz CT molecular complexity index is 878. The molecule has 0 aliphatic heterocycles. The summed E-state index contributed by atoms with van der Waals surface area (Å²) in [5.74, 6) is 1.35. The van der Waals surface area contributed by atoms with E-state index >= 15 is 0 Å². The first-order chi connectivity index (χ1) is 13.2. The summed E-state index contributed by atoms with van der Waals surface area (Å²) in [6, 6.07) is 20.5. The first-order valence-corrected chi connectivity index (χ1v) is 9.38. The van der Waals surface area contributed by atoms with Crippen molar-refractivity contribution < 1.29 is 4.74 Å². The molecule has 0 amide bonds. The number of aryl methyl sites for hydroxylation is 1. The zero-order valence-corrected chi connectivity index (χ0v) is 16.0. The van der Waals surface area contributed by atoms with Crippen LogP contribution in [0.2, 0.25) is 0 Å². The maximum absolute atomic E-state index is 5.86. The number of nitrogen functional groups attached to an aromatic ring is 1. The molecule has 3 rings (SSSR count). The average molecular weight is 361 g/mol. The van der Waals surface area contributed by atoms with E-state index in [2.05, 4.69) is 53.6 Å². The highest BCUT2D eigenvalue weighted by atomic mass is 16.5. The predicted molar refractivity (Wildman–Crippen MR) is 112 cm³/mol. The molecule has 1 aromatic heterocycles. The molecule has 0 aliphatic carbocycles. The summed E-state index contributed by atoms with van der Waals surface area (Å²) >= 11 is 0. The van der Waals surface area contributed by atoms with Crippen molar-refractivity contribution in [2.45, 2.75) is 26.3 Å². The molecule has 27 heavy (non-hydrogen) atoms. The quantitative estimate of drug-likeness (QED) is 0.589. The fraction of sp³-hybridized carbons (Fsp3) is 0.261. The molecule has 4 nitrogen and oxygen atoms in total. The van der Waals surface area contributed by atoms with E-state index in [-0.39, 0.29) is 0 Å². The van der Waals surface area contributed by atoms with Gasteiger partial charge in [-0.2, -0.15) is 0 Å². The van der Waals surface area contributed by atoms with Gasteiger partial charge < -0.3 is 15.8 Å². The van der Waals surface area contributed by atoms with Crippen molar-refractivity contribution in [2.24, 2.45) is 0 Å². The molecule has 0 unspecified atom stereocenters. The zero-order valence-electron chi connectivity index (χ0n) is 16.0. The largest absolute Gasteiger partial charge is 0.496 e. The van der Waals surface area contributed by atoms with Crippen molar-refractivity contribution in [3.8, 4) is 17.0 Å². The van der Waals surface area contributed by atoms with Crippen LogP contribution in [0.4, 0.5) is 5.82 Å². The van der Waals surface area contributed by atoms with E-state index in [0.29, 0.717) is 5.82 Å². The molecule has 0 bridgehead atoms. The fourth-order valence-corrected chi connectivity index (χ4v) is 3.25. The monoisotopic (exact) mass is 361 g/mol. The number of nitrogens with zero attached hydrogens (tertiary/aromatic N) is 1. The Labute approximate surface area is 161 Å². The summed E-state index contributed by atoms with van der Waals surface area (Å²) < 4.78 is 5.65. The van der Waals surface area contributed by atoms with Gasteiger partial charge in [-0.15, -0.1) is 0 Å². The average Bonchev–Trinajstić information content (AvgIpc) is 2.71. The lowest BCUT2D eigenvalue weighted by molar-refractivity contribution is 0.415. The van der Waals surface area contributed by atoms with Crippen LogP contribution < -0.4 is 15.8 Å². The van der Waals surface area contributed by atoms with E-state index < -0.39 is 0 Å². The molecule has 0 fully saturated rings. The summed E-state index contributed by atoms with van der Waals surface area (Å²) in [6.07, 6.45) is 1.92. The maximum atomic E-state index is 5.86. The summed E-state index contributed by atoms with van der Waals surface area (Å²) in [6.45, 7) is 3.98. The first-order valence-electron chi connectivity index (χ1n) is 9.38. The molecule has 0 spiro atoms. The molecular weight excluding hydrogens is 334 g/mol. The highest BCUT2D eigenvalue weighted by Gasteiger charge is 2.12. The van der Waals surface area contributed by atoms with Crippen LogP contribution in [0.1, 0.15) is 23.6 Å². The van der Waals surface area contributed by atoms with E-state index in [0.717, 1.165) is 42.9 Å². The van der Waals surface area contributed by atoms with Gasteiger partial charge in [0, 0.05) is 12.1 Å². The molecule has 0 aliphatic rings. The van der Waals surface area contributed by atoms with E-state index in [9.17, 15) is 0 Å². The van der Waals surface area contributed by atoms with E-state index in [1.807, 2.05) is 18.2 Å². The van der Waals surface area contributed by atoms with E-state index in [1.165, 1.54) is 16.7 Å². The van der Waals surface area contributed by atoms with E-state index in [1.54, 1.807) is 13.2 Å². The summed E-state index contributed by atoms with van der Waals surface area (Å²) in [5.41, 5.74) is 11.6. The van der Waals surface area contributed by atoms with E-state index in [4.69, 9.17) is 10.5 Å². The standard InChI is InChI=1S/C23H27N3O/c1-3-18-14-20(21-10-7-11-23(24)26-21)22(27-2)15-19(18)12-13-25-16-17-8-5-4-6-9-17/h4-11,14-15,25H,3,12-13,16H2,1-2H3,(H2,24,26). The van der Waals surface area contributed by atoms with Crippen molar-refractivity contribution in [2.75, 3.05) is 19.4 Å². The van der Waals surface area contributed by atoms with Crippen LogP contribution in [0.5, 0.6) is 5.75 Å². The summed E-state index contributed by atoms with van der Waals surface area (Å²) in [4.78, 5) is 4.45. The SMILES string of the molecule is CCc1cc(-c2cccc(N)n2)c(OC)cc1CCNCc1ccccc1. The molecule has 3 N–H and O–H groups in total. The van der Waals surface area contributed by atoms with Gasteiger partial charge in [0.25, 0.3) is 0 Å². The minimum absolute atomic E-state index is 0.516. The summed E-state index contributed by atoms with van der Waals surface area (Å²) in [5, 5.41) is 3.52. The third-order valence-corrected chi connectivity index (χ3v) is 4.69. The molecule has 0 atom stereocenters. The van der Waals surface area contributed by atoms with Gasteiger partial charge in [-0.05, 0) is 60.3 Å².